The Bertz CT molecular complexity index is 768. The molecule has 0 radical (unpaired) electrons. The van der Waals surface area contributed by atoms with Crippen LogP contribution in [0.5, 0.6) is 0 Å². The van der Waals surface area contributed by atoms with Crippen LogP contribution in [0.4, 0.5) is 5.69 Å². The zero-order valence-corrected chi connectivity index (χ0v) is 17.0. The molecule has 1 aromatic rings. The lowest BCUT2D eigenvalue weighted by Gasteiger charge is -2.32. The van der Waals surface area contributed by atoms with E-state index in [-0.39, 0.29) is 31.0 Å². The molecule has 0 unspecified atom stereocenters. The second kappa shape index (κ2) is 8.65. The first-order valence-corrected chi connectivity index (χ1v) is 8.83. The molecule has 0 aromatic heterocycles. The van der Waals surface area contributed by atoms with E-state index in [0.29, 0.717) is 20.2 Å². The van der Waals surface area contributed by atoms with E-state index in [2.05, 4.69) is 31.9 Å². The van der Waals surface area contributed by atoms with Gasteiger partial charge >= 0.3 is 17.9 Å². The van der Waals surface area contributed by atoms with E-state index in [9.17, 15) is 14.4 Å². The summed E-state index contributed by atoms with van der Waals surface area (Å²) in [6.45, 7) is -0.111. The Balaban J connectivity index is 2.60. The van der Waals surface area contributed by atoms with E-state index in [1.807, 2.05) is 0 Å². The van der Waals surface area contributed by atoms with E-state index in [1.165, 1.54) is 19.1 Å². The number of ether oxygens (including phenoxy) is 3. The zero-order valence-electron chi connectivity index (χ0n) is 13.9. The molecular formula is C16H15Br2NO7. The first kappa shape index (κ1) is 20.4. The van der Waals surface area contributed by atoms with Crippen LogP contribution in [0.15, 0.2) is 32.3 Å². The zero-order chi connectivity index (χ0) is 19.4. The molecule has 1 N–H and O–H groups in total. The molecule has 0 atom stereocenters. The fourth-order valence-electron chi connectivity index (χ4n) is 2.47. The Morgan fingerprint density at radius 2 is 1.73 bits per heavy atom. The van der Waals surface area contributed by atoms with Gasteiger partial charge in [0.05, 0.1) is 38.5 Å². The van der Waals surface area contributed by atoms with Crippen molar-refractivity contribution in [1.29, 1.82) is 0 Å². The summed E-state index contributed by atoms with van der Waals surface area (Å²) in [6.07, 6.45) is -0.166. The minimum atomic E-state index is -0.971. The molecule has 0 amide bonds. The van der Waals surface area contributed by atoms with Crippen molar-refractivity contribution < 1.29 is 33.7 Å². The monoisotopic (exact) mass is 491 g/mol. The molecule has 1 aromatic carbocycles. The first-order chi connectivity index (χ1) is 12.3. The molecule has 1 heterocycles. The fourth-order valence-corrected chi connectivity index (χ4v) is 4.18. The van der Waals surface area contributed by atoms with Gasteiger partial charge in [-0.15, -0.1) is 0 Å². The molecule has 10 heteroatoms. The van der Waals surface area contributed by atoms with Gasteiger partial charge in [0, 0.05) is 8.95 Å². The lowest BCUT2D eigenvalue weighted by Crippen LogP contribution is -2.39. The number of rotatable bonds is 5. The van der Waals surface area contributed by atoms with Gasteiger partial charge in [-0.05, 0) is 49.6 Å². The minimum absolute atomic E-state index is 0.00187. The topological polar surface area (TPSA) is 102 Å². The van der Waals surface area contributed by atoms with Gasteiger partial charge in [0.2, 0.25) is 0 Å². The molecule has 8 nitrogen and oxygen atoms in total. The van der Waals surface area contributed by atoms with Crippen molar-refractivity contribution in [3.63, 3.8) is 0 Å². The lowest BCUT2D eigenvalue weighted by atomic mass is 10.1. The molecule has 26 heavy (non-hydrogen) atoms. The van der Waals surface area contributed by atoms with E-state index in [4.69, 9.17) is 19.3 Å². The summed E-state index contributed by atoms with van der Waals surface area (Å²) < 4.78 is 16.0. The van der Waals surface area contributed by atoms with E-state index >= 15 is 0 Å². The largest absolute Gasteiger partial charge is 0.481 e. The van der Waals surface area contributed by atoms with Crippen LogP contribution >= 0.6 is 31.9 Å². The van der Waals surface area contributed by atoms with Gasteiger partial charge in [-0.25, -0.2) is 9.59 Å². The van der Waals surface area contributed by atoms with Gasteiger partial charge in [0.25, 0.3) is 0 Å². The van der Waals surface area contributed by atoms with Gasteiger partial charge in [-0.2, -0.15) is 0 Å². The molecule has 0 fully saturated rings. The molecule has 2 rings (SSSR count). The van der Waals surface area contributed by atoms with E-state index in [0.717, 1.165) is 0 Å². The van der Waals surface area contributed by atoms with Crippen molar-refractivity contribution in [1.82, 2.24) is 0 Å². The number of benzene rings is 1. The summed E-state index contributed by atoms with van der Waals surface area (Å²) in [5.74, 6) is -2.40. The quantitative estimate of drug-likeness (QED) is 0.624. The number of methoxy groups -OCH3 is 2. The van der Waals surface area contributed by atoms with Crippen molar-refractivity contribution in [2.45, 2.75) is 6.42 Å². The van der Waals surface area contributed by atoms with Crippen molar-refractivity contribution in [2.75, 3.05) is 32.5 Å². The predicted octanol–water partition coefficient (Wildman–Crippen LogP) is 2.23. The molecule has 0 saturated carbocycles. The van der Waals surface area contributed by atoms with Gasteiger partial charge < -0.3 is 24.2 Å². The highest BCUT2D eigenvalue weighted by atomic mass is 79.9. The Morgan fingerprint density at radius 3 is 2.23 bits per heavy atom. The predicted molar refractivity (Wildman–Crippen MR) is 97.5 cm³/mol. The maximum absolute atomic E-state index is 12.3. The number of aliphatic carboxylic acids is 1. The number of nitrogens with zero attached hydrogens (tertiary/aromatic N) is 1. The highest BCUT2D eigenvalue weighted by molar-refractivity contribution is 9.11. The molecule has 0 bridgehead atoms. The van der Waals surface area contributed by atoms with Crippen molar-refractivity contribution in [3.05, 3.63) is 37.9 Å². The van der Waals surface area contributed by atoms with Crippen LogP contribution in [0.25, 0.3) is 0 Å². The van der Waals surface area contributed by atoms with Gasteiger partial charge in [-0.3, -0.25) is 4.79 Å². The fraction of sp³-hybridized carbons (Fsp3) is 0.312. The number of hydrogen-bond acceptors (Lipinski definition) is 7. The third kappa shape index (κ3) is 4.25. The molecule has 1 aliphatic rings. The SMILES string of the molecule is COC(=O)C1=C(C(=O)OC)N(c2c(Br)cc(CC(=O)O)cc2Br)COC1. The number of carbonyl (C=O) groups is 3. The van der Waals surface area contributed by atoms with E-state index < -0.39 is 17.9 Å². The molecule has 0 saturated heterocycles. The van der Waals surface area contributed by atoms with Crippen LogP contribution in [-0.4, -0.2) is 50.6 Å². The summed E-state index contributed by atoms with van der Waals surface area (Å²) in [7, 11) is 2.41. The van der Waals surface area contributed by atoms with Gasteiger partial charge in [0.1, 0.15) is 12.4 Å². The third-order valence-electron chi connectivity index (χ3n) is 3.54. The average molecular weight is 493 g/mol. The lowest BCUT2D eigenvalue weighted by molar-refractivity contribution is -0.140. The Morgan fingerprint density at radius 1 is 1.15 bits per heavy atom. The van der Waals surface area contributed by atoms with Gasteiger partial charge in [-0.1, -0.05) is 0 Å². The molecule has 1 aliphatic heterocycles. The van der Waals surface area contributed by atoms with Gasteiger partial charge in [0.15, 0.2) is 0 Å². The second-order valence-corrected chi connectivity index (χ2v) is 6.90. The third-order valence-corrected chi connectivity index (χ3v) is 4.74. The molecule has 140 valence electrons. The number of hydrogen-bond donors (Lipinski definition) is 1. The van der Waals surface area contributed by atoms with E-state index in [1.54, 1.807) is 12.1 Å². The Hall–Kier alpha value is -1.91. The summed E-state index contributed by atoms with van der Waals surface area (Å²) in [4.78, 5) is 36.7. The molecule has 0 aliphatic carbocycles. The van der Waals surface area contributed by atoms with Crippen LogP contribution in [0.1, 0.15) is 5.56 Å². The Kier molecular flexibility index (Phi) is 6.79. The highest BCUT2D eigenvalue weighted by Gasteiger charge is 2.34. The standard InChI is InChI=1S/C16H15Br2NO7/c1-24-15(22)9-6-26-7-19(13(9)16(23)25-2)14-10(17)3-8(4-11(14)18)5-12(20)21/h3-4H,5-7H2,1-2H3,(H,20,21). The minimum Gasteiger partial charge on any atom is -0.481 e. The van der Waals surface area contributed by atoms with Crippen LogP contribution in [0, 0.1) is 0 Å². The Labute approximate surface area is 165 Å². The first-order valence-electron chi connectivity index (χ1n) is 7.24. The second-order valence-electron chi connectivity index (χ2n) is 5.19. The molecular weight excluding hydrogens is 478 g/mol. The number of carboxylic acids is 1. The number of carbonyl (C=O) groups excluding carboxylic acids is 2. The number of anilines is 1. The number of carboxylic acid groups (broad SMARTS) is 1. The van der Waals surface area contributed by atoms with Crippen molar-refractivity contribution >= 4 is 55.5 Å². The summed E-state index contributed by atoms with van der Waals surface area (Å²) in [5.41, 5.74) is 1.06. The van der Waals surface area contributed by atoms with Crippen LogP contribution in [-0.2, 0) is 35.0 Å². The van der Waals surface area contributed by atoms with Crippen LogP contribution in [0.2, 0.25) is 0 Å². The van der Waals surface area contributed by atoms with Crippen LogP contribution < -0.4 is 4.90 Å². The van der Waals surface area contributed by atoms with Crippen molar-refractivity contribution in [3.8, 4) is 0 Å². The summed E-state index contributed by atoms with van der Waals surface area (Å²) >= 11 is 6.77. The maximum Gasteiger partial charge on any atom is 0.355 e. The average Bonchev–Trinajstić information content (AvgIpc) is 2.59. The highest BCUT2D eigenvalue weighted by Crippen LogP contribution is 2.39. The molecule has 0 spiro atoms. The summed E-state index contributed by atoms with van der Waals surface area (Å²) in [6, 6.07) is 3.24. The number of halogens is 2. The normalized spacial score (nSPS) is 14.2. The smallest absolute Gasteiger partial charge is 0.355 e. The van der Waals surface area contributed by atoms with Crippen molar-refractivity contribution in [2.24, 2.45) is 0 Å². The summed E-state index contributed by atoms with van der Waals surface area (Å²) in [5, 5.41) is 8.96. The maximum atomic E-state index is 12.3. The van der Waals surface area contributed by atoms with Crippen LogP contribution in [0.3, 0.4) is 0 Å². The number of esters is 2.